The second-order valence-electron chi connectivity index (χ2n) is 5.83. The van der Waals surface area contributed by atoms with Gasteiger partial charge in [-0.15, -0.1) is 0 Å². The van der Waals surface area contributed by atoms with Gasteiger partial charge in [0.2, 0.25) is 0 Å². The second kappa shape index (κ2) is 5.57. The number of carbonyl (C=O) groups excluding carboxylic acids is 1. The van der Waals surface area contributed by atoms with Gasteiger partial charge in [0.15, 0.2) is 0 Å². The SMILES string of the molecule is CC1(C)CCCCC1NC(=O)c1cc(NN)ccn1. The molecule has 1 amide bonds. The second-order valence-corrected chi connectivity index (χ2v) is 5.83. The molecule has 0 aliphatic heterocycles. The molecule has 1 aliphatic rings. The van der Waals surface area contributed by atoms with Crippen molar-refractivity contribution in [2.24, 2.45) is 11.3 Å². The van der Waals surface area contributed by atoms with E-state index in [2.05, 4.69) is 29.6 Å². The monoisotopic (exact) mass is 262 g/mol. The summed E-state index contributed by atoms with van der Waals surface area (Å²) in [6.07, 6.45) is 6.18. The van der Waals surface area contributed by atoms with Crippen LogP contribution in [0.3, 0.4) is 0 Å². The van der Waals surface area contributed by atoms with E-state index in [9.17, 15) is 4.79 Å². The third-order valence-electron chi connectivity index (χ3n) is 3.97. The van der Waals surface area contributed by atoms with E-state index in [1.165, 1.54) is 12.8 Å². The van der Waals surface area contributed by atoms with Gasteiger partial charge in [0.05, 0.1) is 5.69 Å². The summed E-state index contributed by atoms with van der Waals surface area (Å²) >= 11 is 0. The van der Waals surface area contributed by atoms with E-state index in [4.69, 9.17) is 5.84 Å². The summed E-state index contributed by atoms with van der Waals surface area (Å²) in [5, 5.41) is 3.11. The number of hydrogen-bond donors (Lipinski definition) is 3. The van der Waals surface area contributed by atoms with E-state index in [-0.39, 0.29) is 17.4 Å². The minimum Gasteiger partial charge on any atom is -0.347 e. The van der Waals surface area contributed by atoms with Gasteiger partial charge in [-0.2, -0.15) is 0 Å². The van der Waals surface area contributed by atoms with Crippen molar-refractivity contribution in [3.05, 3.63) is 24.0 Å². The molecule has 0 radical (unpaired) electrons. The highest BCUT2D eigenvalue weighted by Crippen LogP contribution is 2.35. The molecule has 104 valence electrons. The van der Waals surface area contributed by atoms with Crippen LogP contribution in [-0.2, 0) is 0 Å². The van der Waals surface area contributed by atoms with E-state index >= 15 is 0 Å². The van der Waals surface area contributed by atoms with Gasteiger partial charge in [-0.3, -0.25) is 15.6 Å². The Hall–Kier alpha value is -1.62. The van der Waals surface area contributed by atoms with Crippen molar-refractivity contribution in [3.8, 4) is 0 Å². The molecule has 1 heterocycles. The van der Waals surface area contributed by atoms with Crippen LogP contribution in [0.5, 0.6) is 0 Å². The lowest BCUT2D eigenvalue weighted by atomic mass is 9.73. The number of hydrazine groups is 1. The van der Waals surface area contributed by atoms with Gasteiger partial charge in [0.25, 0.3) is 5.91 Å². The van der Waals surface area contributed by atoms with Crippen LogP contribution < -0.4 is 16.6 Å². The molecule has 1 unspecified atom stereocenters. The average Bonchev–Trinajstić information content (AvgIpc) is 2.41. The molecule has 1 aliphatic carbocycles. The molecule has 1 aromatic rings. The van der Waals surface area contributed by atoms with Crippen LogP contribution in [0.2, 0.25) is 0 Å². The maximum Gasteiger partial charge on any atom is 0.270 e. The highest BCUT2D eigenvalue weighted by atomic mass is 16.1. The van der Waals surface area contributed by atoms with Gasteiger partial charge in [-0.05, 0) is 30.4 Å². The molecule has 1 aromatic heterocycles. The number of rotatable bonds is 3. The molecule has 1 fully saturated rings. The molecule has 0 aromatic carbocycles. The highest BCUT2D eigenvalue weighted by molar-refractivity contribution is 5.93. The number of pyridine rings is 1. The maximum absolute atomic E-state index is 12.2. The molecule has 4 N–H and O–H groups in total. The Kier molecular flexibility index (Phi) is 4.04. The van der Waals surface area contributed by atoms with Crippen molar-refractivity contribution in [3.63, 3.8) is 0 Å². The van der Waals surface area contributed by atoms with E-state index in [0.29, 0.717) is 11.4 Å². The van der Waals surface area contributed by atoms with Crippen LogP contribution in [0.1, 0.15) is 50.0 Å². The van der Waals surface area contributed by atoms with E-state index in [1.807, 2.05) is 0 Å². The van der Waals surface area contributed by atoms with Crippen molar-refractivity contribution >= 4 is 11.6 Å². The quantitative estimate of drug-likeness (QED) is 0.575. The predicted octanol–water partition coefficient (Wildman–Crippen LogP) is 2.07. The lowest BCUT2D eigenvalue weighted by Gasteiger charge is -2.38. The normalized spacial score (nSPS) is 21.7. The Balaban J connectivity index is 2.07. The number of nitrogens with two attached hydrogens (primary N) is 1. The smallest absolute Gasteiger partial charge is 0.270 e. The van der Waals surface area contributed by atoms with Crippen molar-refractivity contribution in [1.29, 1.82) is 0 Å². The van der Waals surface area contributed by atoms with Crippen molar-refractivity contribution in [1.82, 2.24) is 10.3 Å². The fourth-order valence-corrected chi connectivity index (χ4v) is 2.64. The summed E-state index contributed by atoms with van der Waals surface area (Å²) in [4.78, 5) is 16.3. The van der Waals surface area contributed by atoms with Gasteiger partial charge in [-0.25, -0.2) is 0 Å². The summed E-state index contributed by atoms with van der Waals surface area (Å²) in [5.74, 6) is 5.21. The van der Waals surface area contributed by atoms with E-state index < -0.39 is 0 Å². The lowest BCUT2D eigenvalue weighted by Crippen LogP contribution is -2.47. The van der Waals surface area contributed by atoms with Crippen LogP contribution in [-0.4, -0.2) is 16.9 Å². The largest absolute Gasteiger partial charge is 0.347 e. The third kappa shape index (κ3) is 3.23. The van der Waals surface area contributed by atoms with Gasteiger partial charge >= 0.3 is 0 Å². The number of hydrogen-bond acceptors (Lipinski definition) is 4. The number of anilines is 1. The zero-order valence-electron chi connectivity index (χ0n) is 11.6. The molecule has 2 rings (SSSR count). The number of amides is 1. The first-order valence-electron chi connectivity index (χ1n) is 6.76. The van der Waals surface area contributed by atoms with Crippen molar-refractivity contribution in [2.45, 2.75) is 45.6 Å². The van der Waals surface area contributed by atoms with Gasteiger partial charge in [0, 0.05) is 12.2 Å². The topological polar surface area (TPSA) is 80.0 Å². The number of carbonyl (C=O) groups is 1. The molecule has 1 atom stereocenters. The van der Waals surface area contributed by atoms with Crippen LogP contribution in [0, 0.1) is 5.41 Å². The lowest BCUT2D eigenvalue weighted by molar-refractivity contribution is 0.0848. The zero-order valence-corrected chi connectivity index (χ0v) is 11.6. The molecule has 5 heteroatoms. The summed E-state index contributed by atoms with van der Waals surface area (Å²) in [6, 6.07) is 3.59. The Bertz CT molecular complexity index is 459. The van der Waals surface area contributed by atoms with E-state index in [0.717, 1.165) is 12.8 Å². The molecule has 1 saturated carbocycles. The first kappa shape index (κ1) is 13.8. The Labute approximate surface area is 114 Å². The minimum absolute atomic E-state index is 0.128. The molecule has 5 nitrogen and oxygen atoms in total. The molecule has 19 heavy (non-hydrogen) atoms. The first-order valence-corrected chi connectivity index (χ1v) is 6.76. The number of nitrogen functional groups attached to an aromatic ring is 1. The van der Waals surface area contributed by atoms with Gasteiger partial charge < -0.3 is 10.7 Å². The van der Waals surface area contributed by atoms with E-state index in [1.54, 1.807) is 18.3 Å². The number of nitrogens with zero attached hydrogens (tertiary/aromatic N) is 1. The Morgan fingerprint density at radius 3 is 2.95 bits per heavy atom. The number of aromatic nitrogens is 1. The van der Waals surface area contributed by atoms with Crippen LogP contribution in [0.15, 0.2) is 18.3 Å². The fourth-order valence-electron chi connectivity index (χ4n) is 2.64. The number of nitrogens with one attached hydrogen (secondary N) is 2. The van der Waals surface area contributed by atoms with Gasteiger partial charge in [-0.1, -0.05) is 26.7 Å². The zero-order chi connectivity index (χ0) is 13.9. The summed E-state index contributed by atoms with van der Waals surface area (Å²) in [7, 11) is 0. The molecule has 0 saturated heterocycles. The van der Waals surface area contributed by atoms with Crippen LogP contribution >= 0.6 is 0 Å². The summed E-state index contributed by atoms with van der Waals surface area (Å²) in [6.45, 7) is 4.42. The highest BCUT2D eigenvalue weighted by Gasteiger charge is 2.33. The molecule has 0 bridgehead atoms. The fraction of sp³-hybridized carbons (Fsp3) is 0.571. The summed E-state index contributed by atoms with van der Waals surface area (Å²) in [5.41, 5.74) is 3.76. The Morgan fingerprint density at radius 1 is 1.47 bits per heavy atom. The predicted molar refractivity (Wildman–Crippen MR) is 75.6 cm³/mol. The minimum atomic E-state index is -0.128. The van der Waals surface area contributed by atoms with Gasteiger partial charge in [0.1, 0.15) is 5.69 Å². The standard InChI is InChI=1S/C14H22N4O/c1-14(2)7-4-3-5-12(14)17-13(19)11-9-10(18-15)6-8-16-11/h6,8-9,12H,3-5,7,15H2,1-2H3,(H,16,18)(H,17,19). The third-order valence-corrected chi connectivity index (χ3v) is 3.97. The molecular weight excluding hydrogens is 240 g/mol. The average molecular weight is 262 g/mol. The maximum atomic E-state index is 12.2. The first-order chi connectivity index (χ1) is 9.03. The molecule has 0 spiro atoms. The van der Waals surface area contributed by atoms with Crippen molar-refractivity contribution < 1.29 is 4.79 Å². The Morgan fingerprint density at radius 2 is 2.26 bits per heavy atom. The van der Waals surface area contributed by atoms with Crippen molar-refractivity contribution in [2.75, 3.05) is 5.43 Å². The molecular formula is C14H22N4O. The van der Waals surface area contributed by atoms with Crippen LogP contribution in [0.4, 0.5) is 5.69 Å². The summed E-state index contributed by atoms with van der Waals surface area (Å²) < 4.78 is 0. The van der Waals surface area contributed by atoms with Crippen LogP contribution in [0.25, 0.3) is 0 Å².